The molecule has 2 rings (SSSR count). The summed E-state index contributed by atoms with van der Waals surface area (Å²) in [6, 6.07) is 6.39. The number of carboxylic acids is 1. The number of hydrogen-bond donors (Lipinski definition) is 1. The molecule has 3 nitrogen and oxygen atoms in total. The van der Waals surface area contributed by atoms with E-state index in [1.165, 1.54) is 11.3 Å². The molecule has 0 aromatic heterocycles. The summed E-state index contributed by atoms with van der Waals surface area (Å²) in [5.74, 6) is -0.699. The zero-order valence-corrected chi connectivity index (χ0v) is 11.2. The van der Waals surface area contributed by atoms with Crippen LogP contribution in [0.25, 0.3) is 0 Å². The molecule has 0 radical (unpaired) electrons. The van der Waals surface area contributed by atoms with Gasteiger partial charge in [0.05, 0.1) is 0 Å². The minimum atomic E-state index is -0.699. The molecule has 92 valence electrons. The third-order valence-corrected chi connectivity index (χ3v) is 3.60. The van der Waals surface area contributed by atoms with E-state index in [2.05, 4.69) is 39.0 Å². The Morgan fingerprint density at radius 3 is 3.00 bits per heavy atom. The van der Waals surface area contributed by atoms with Crippen molar-refractivity contribution in [3.05, 3.63) is 28.2 Å². The first-order valence-electron chi connectivity index (χ1n) is 5.92. The highest BCUT2D eigenvalue weighted by Crippen LogP contribution is 2.30. The Balaban J connectivity index is 1.88. The maximum Gasteiger partial charge on any atom is 0.303 e. The van der Waals surface area contributed by atoms with Crippen LogP contribution in [0.1, 0.15) is 24.8 Å². The van der Waals surface area contributed by atoms with Gasteiger partial charge in [-0.15, -0.1) is 0 Å². The summed E-state index contributed by atoms with van der Waals surface area (Å²) in [6.45, 7) is 2.01. The zero-order chi connectivity index (χ0) is 12.3. The number of benzene rings is 1. The number of carbonyl (C=O) groups is 1. The first-order valence-corrected chi connectivity index (χ1v) is 6.71. The number of anilines is 1. The van der Waals surface area contributed by atoms with Gasteiger partial charge in [0.1, 0.15) is 0 Å². The molecule has 1 aromatic carbocycles. The number of halogens is 1. The van der Waals surface area contributed by atoms with E-state index in [9.17, 15) is 4.79 Å². The second-order valence-electron chi connectivity index (χ2n) is 4.36. The lowest BCUT2D eigenvalue weighted by molar-refractivity contribution is -0.137. The fraction of sp³-hybridized carbons (Fsp3) is 0.462. The van der Waals surface area contributed by atoms with E-state index in [0.717, 1.165) is 36.8 Å². The molecule has 0 bridgehead atoms. The second kappa shape index (κ2) is 5.54. The minimum absolute atomic E-state index is 0.277. The first-order chi connectivity index (χ1) is 8.16. The molecule has 0 spiro atoms. The smallest absolute Gasteiger partial charge is 0.303 e. The van der Waals surface area contributed by atoms with Crippen LogP contribution in [0.3, 0.4) is 0 Å². The van der Waals surface area contributed by atoms with E-state index < -0.39 is 5.97 Å². The number of hydrogen-bond acceptors (Lipinski definition) is 2. The molecule has 1 aromatic rings. The Bertz CT molecular complexity index is 420. The molecule has 1 aliphatic rings. The molecule has 1 N–H and O–H groups in total. The van der Waals surface area contributed by atoms with E-state index in [1.54, 1.807) is 0 Å². The predicted octanol–water partition coefficient (Wildman–Crippen LogP) is 3.07. The third kappa shape index (κ3) is 3.22. The van der Waals surface area contributed by atoms with Crippen LogP contribution in [0.15, 0.2) is 22.7 Å². The number of fused-ring (bicyclic) bond motifs is 1. The average molecular weight is 298 g/mol. The minimum Gasteiger partial charge on any atom is -0.481 e. The third-order valence-electron chi connectivity index (χ3n) is 3.11. The normalized spacial score (nSPS) is 13.8. The molecule has 0 amide bonds. The van der Waals surface area contributed by atoms with Gasteiger partial charge in [-0.3, -0.25) is 4.79 Å². The molecule has 0 aliphatic carbocycles. The standard InChI is InChI=1S/C13H16BrNO2/c14-11-5-4-10-6-8-15(12(10)9-11)7-2-1-3-13(16)17/h4-5,9H,1-3,6-8H2,(H,16,17). The lowest BCUT2D eigenvalue weighted by atomic mass is 10.2. The van der Waals surface area contributed by atoms with Crippen LogP contribution < -0.4 is 4.90 Å². The van der Waals surface area contributed by atoms with Crippen LogP contribution in [0.4, 0.5) is 5.69 Å². The summed E-state index contributed by atoms with van der Waals surface area (Å²) < 4.78 is 1.11. The van der Waals surface area contributed by atoms with Crippen molar-refractivity contribution in [1.29, 1.82) is 0 Å². The highest BCUT2D eigenvalue weighted by atomic mass is 79.9. The molecule has 0 saturated carbocycles. The Hall–Kier alpha value is -1.03. The first kappa shape index (κ1) is 12.4. The van der Waals surface area contributed by atoms with Crippen molar-refractivity contribution in [3.8, 4) is 0 Å². The Kier molecular flexibility index (Phi) is 4.05. The molecule has 1 heterocycles. The maximum atomic E-state index is 10.4. The van der Waals surface area contributed by atoms with Crippen LogP contribution in [0.2, 0.25) is 0 Å². The van der Waals surface area contributed by atoms with Crippen LogP contribution >= 0.6 is 15.9 Å². The van der Waals surface area contributed by atoms with Crippen LogP contribution in [-0.4, -0.2) is 24.2 Å². The van der Waals surface area contributed by atoms with Gasteiger partial charge in [-0.25, -0.2) is 0 Å². The van der Waals surface area contributed by atoms with Crippen molar-refractivity contribution in [2.24, 2.45) is 0 Å². The second-order valence-corrected chi connectivity index (χ2v) is 5.28. The summed E-state index contributed by atoms with van der Waals surface area (Å²) in [6.07, 6.45) is 3.08. The Morgan fingerprint density at radius 1 is 1.41 bits per heavy atom. The average Bonchev–Trinajstić information content (AvgIpc) is 2.67. The molecular formula is C13H16BrNO2. The van der Waals surface area contributed by atoms with E-state index in [4.69, 9.17) is 5.11 Å². The Labute approximate surface area is 110 Å². The quantitative estimate of drug-likeness (QED) is 0.849. The Morgan fingerprint density at radius 2 is 2.24 bits per heavy atom. The largest absolute Gasteiger partial charge is 0.481 e. The summed E-state index contributed by atoms with van der Waals surface area (Å²) in [5.41, 5.74) is 2.70. The summed E-state index contributed by atoms with van der Waals surface area (Å²) >= 11 is 3.49. The number of carboxylic acid groups (broad SMARTS) is 1. The molecule has 0 saturated heterocycles. The topological polar surface area (TPSA) is 40.5 Å². The number of rotatable bonds is 5. The van der Waals surface area contributed by atoms with Crippen molar-refractivity contribution < 1.29 is 9.90 Å². The fourth-order valence-corrected chi connectivity index (χ4v) is 2.58. The van der Waals surface area contributed by atoms with Crippen molar-refractivity contribution in [1.82, 2.24) is 0 Å². The van der Waals surface area contributed by atoms with Crippen molar-refractivity contribution in [3.63, 3.8) is 0 Å². The molecular weight excluding hydrogens is 282 g/mol. The van der Waals surface area contributed by atoms with E-state index in [0.29, 0.717) is 0 Å². The SMILES string of the molecule is O=C(O)CCCCN1CCc2ccc(Br)cc21. The lowest BCUT2D eigenvalue weighted by Crippen LogP contribution is -2.21. The molecule has 0 atom stereocenters. The highest BCUT2D eigenvalue weighted by Gasteiger charge is 2.18. The summed E-state index contributed by atoms with van der Waals surface area (Å²) in [7, 11) is 0. The summed E-state index contributed by atoms with van der Waals surface area (Å²) in [4.78, 5) is 12.8. The van der Waals surface area contributed by atoms with Gasteiger partial charge in [-0.2, -0.15) is 0 Å². The van der Waals surface area contributed by atoms with Gasteiger partial charge in [-0.1, -0.05) is 22.0 Å². The molecule has 1 aliphatic heterocycles. The number of unbranched alkanes of at least 4 members (excludes halogenated alkanes) is 1. The van der Waals surface area contributed by atoms with Gasteiger partial charge in [0.25, 0.3) is 0 Å². The van der Waals surface area contributed by atoms with Gasteiger partial charge >= 0.3 is 5.97 Å². The van der Waals surface area contributed by atoms with E-state index >= 15 is 0 Å². The number of aliphatic carboxylic acids is 1. The fourth-order valence-electron chi connectivity index (χ4n) is 2.23. The highest BCUT2D eigenvalue weighted by molar-refractivity contribution is 9.10. The van der Waals surface area contributed by atoms with Crippen LogP contribution in [0, 0.1) is 0 Å². The van der Waals surface area contributed by atoms with Crippen molar-refractivity contribution in [2.75, 3.05) is 18.0 Å². The van der Waals surface area contributed by atoms with E-state index in [1.807, 2.05) is 0 Å². The maximum absolute atomic E-state index is 10.4. The summed E-state index contributed by atoms with van der Waals surface area (Å²) in [5, 5.41) is 8.58. The monoisotopic (exact) mass is 297 g/mol. The van der Waals surface area contributed by atoms with Gasteiger partial charge in [0.15, 0.2) is 0 Å². The molecule has 4 heteroatoms. The molecule has 17 heavy (non-hydrogen) atoms. The molecule has 0 fully saturated rings. The number of nitrogens with zero attached hydrogens (tertiary/aromatic N) is 1. The van der Waals surface area contributed by atoms with E-state index in [-0.39, 0.29) is 6.42 Å². The van der Waals surface area contributed by atoms with Gasteiger partial charge in [0.2, 0.25) is 0 Å². The van der Waals surface area contributed by atoms with Gasteiger partial charge < -0.3 is 10.0 Å². The van der Waals surface area contributed by atoms with Crippen LogP contribution in [-0.2, 0) is 11.2 Å². The zero-order valence-electron chi connectivity index (χ0n) is 9.66. The van der Waals surface area contributed by atoms with Crippen molar-refractivity contribution in [2.45, 2.75) is 25.7 Å². The molecule has 0 unspecified atom stereocenters. The van der Waals surface area contributed by atoms with Gasteiger partial charge in [0, 0.05) is 29.7 Å². The van der Waals surface area contributed by atoms with Crippen molar-refractivity contribution >= 4 is 27.6 Å². The van der Waals surface area contributed by atoms with Crippen LogP contribution in [0.5, 0.6) is 0 Å². The lowest BCUT2D eigenvalue weighted by Gasteiger charge is -2.19. The predicted molar refractivity (Wildman–Crippen MR) is 71.5 cm³/mol. The van der Waals surface area contributed by atoms with Gasteiger partial charge in [-0.05, 0) is 37.0 Å².